The molecular formula is C10H22BrNO. The highest BCUT2D eigenvalue weighted by atomic mass is 79.9. The maximum Gasteiger partial charge on any atom is 0.0462 e. The van der Waals surface area contributed by atoms with Gasteiger partial charge in [0.25, 0.3) is 0 Å². The van der Waals surface area contributed by atoms with Crippen molar-refractivity contribution in [1.29, 1.82) is 0 Å². The van der Waals surface area contributed by atoms with Crippen LogP contribution in [0, 0.1) is 0 Å². The van der Waals surface area contributed by atoms with Gasteiger partial charge in [-0.25, -0.2) is 0 Å². The maximum absolute atomic E-state index is 5.02. The van der Waals surface area contributed by atoms with Gasteiger partial charge in [0.1, 0.15) is 0 Å². The largest absolute Gasteiger partial charge is 0.385 e. The molecule has 0 amide bonds. The van der Waals surface area contributed by atoms with E-state index in [0.717, 1.165) is 11.9 Å². The van der Waals surface area contributed by atoms with E-state index in [1.807, 2.05) is 0 Å². The van der Waals surface area contributed by atoms with Crippen LogP contribution in [0.4, 0.5) is 0 Å². The van der Waals surface area contributed by atoms with Crippen LogP contribution >= 0.6 is 15.9 Å². The fourth-order valence-electron chi connectivity index (χ4n) is 1.35. The second-order valence-corrected chi connectivity index (χ2v) is 4.02. The van der Waals surface area contributed by atoms with Crippen molar-refractivity contribution in [1.82, 2.24) is 4.90 Å². The van der Waals surface area contributed by atoms with Crippen LogP contribution in [0.5, 0.6) is 0 Å². The van der Waals surface area contributed by atoms with E-state index < -0.39 is 0 Å². The Labute approximate surface area is 90.8 Å². The first-order valence-electron chi connectivity index (χ1n) is 5.12. The van der Waals surface area contributed by atoms with Gasteiger partial charge in [0.2, 0.25) is 0 Å². The molecule has 13 heavy (non-hydrogen) atoms. The molecule has 0 aliphatic heterocycles. The molecule has 0 heterocycles. The molecule has 80 valence electrons. The van der Waals surface area contributed by atoms with E-state index in [1.54, 1.807) is 7.11 Å². The van der Waals surface area contributed by atoms with Crippen molar-refractivity contribution in [2.24, 2.45) is 0 Å². The lowest BCUT2D eigenvalue weighted by atomic mass is 10.3. The van der Waals surface area contributed by atoms with Gasteiger partial charge < -0.3 is 9.64 Å². The molecule has 0 radical (unpaired) electrons. The summed E-state index contributed by atoms with van der Waals surface area (Å²) in [4.78, 5) is 2.50. The Morgan fingerprint density at radius 3 is 2.46 bits per heavy atom. The Kier molecular flexibility index (Phi) is 10.8. The highest BCUT2D eigenvalue weighted by Gasteiger charge is 2.01. The van der Waals surface area contributed by atoms with Crippen molar-refractivity contribution >= 4 is 15.9 Å². The quantitative estimate of drug-likeness (QED) is 0.462. The van der Waals surface area contributed by atoms with Gasteiger partial charge in [-0.05, 0) is 32.4 Å². The van der Waals surface area contributed by atoms with Gasteiger partial charge in [0, 0.05) is 25.6 Å². The molecule has 0 unspecified atom stereocenters. The van der Waals surface area contributed by atoms with Crippen LogP contribution < -0.4 is 0 Å². The van der Waals surface area contributed by atoms with E-state index in [2.05, 4.69) is 27.8 Å². The second-order valence-electron chi connectivity index (χ2n) is 3.23. The van der Waals surface area contributed by atoms with Crippen molar-refractivity contribution in [2.75, 3.05) is 38.7 Å². The second kappa shape index (κ2) is 10.5. The number of hydrogen-bond donors (Lipinski definition) is 0. The minimum atomic E-state index is 0.897. The van der Waals surface area contributed by atoms with E-state index in [4.69, 9.17) is 4.74 Å². The van der Waals surface area contributed by atoms with Gasteiger partial charge in [-0.2, -0.15) is 0 Å². The van der Waals surface area contributed by atoms with Gasteiger partial charge >= 0.3 is 0 Å². The van der Waals surface area contributed by atoms with Crippen molar-refractivity contribution < 1.29 is 4.74 Å². The molecule has 0 atom stereocenters. The molecule has 0 rings (SSSR count). The molecule has 0 saturated heterocycles. The Morgan fingerprint density at radius 2 is 1.92 bits per heavy atom. The van der Waals surface area contributed by atoms with Crippen LogP contribution in [-0.2, 0) is 4.74 Å². The average Bonchev–Trinajstić information content (AvgIpc) is 2.13. The van der Waals surface area contributed by atoms with Gasteiger partial charge in [-0.3, -0.25) is 0 Å². The summed E-state index contributed by atoms with van der Waals surface area (Å²) < 4.78 is 5.02. The molecule has 0 fully saturated rings. The number of rotatable bonds is 9. The third-order valence-electron chi connectivity index (χ3n) is 2.01. The Hall–Kier alpha value is 0.400. The molecule has 0 bridgehead atoms. The van der Waals surface area contributed by atoms with Gasteiger partial charge in [-0.1, -0.05) is 22.9 Å². The van der Waals surface area contributed by atoms with Crippen molar-refractivity contribution in [2.45, 2.75) is 26.2 Å². The molecule has 0 N–H and O–H groups in total. The van der Waals surface area contributed by atoms with Crippen LogP contribution in [0.2, 0.25) is 0 Å². The topological polar surface area (TPSA) is 12.5 Å². The summed E-state index contributed by atoms with van der Waals surface area (Å²) in [5.41, 5.74) is 0. The number of hydrogen-bond acceptors (Lipinski definition) is 2. The Balaban J connectivity index is 3.33. The molecule has 0 aliphatic rings. The van der Waals surface area contributed by atoms with Crippen LogP contribution in [-0.4, -0.2) is 43.6 Å². The highest BCUT2D eigenvalue weighted by Crippen LogP contribution is 1.98. The van der Waals surface area contributed by atoms with E-state index in [1.165, 1.54) is 38.9 Å². The van der Waals surface area contributed by atoms with E-state index in [-0.39, 0.29) is 0 Å². The minimum Gasteiger partial charge on any atom is -0.385 e. The molecule has 0 aliphatic carbocycles. The lowest BCUT2D eigenvalue weighted by molar-refractivity contribution is 0.185. The number of alkyl halides is 1. The minimum absolute atomic E-state index is 0.897. The summed E-state index contributed by atoms with van der Waals surface area (Å²) in [7, 11) is 1.77. The zero-order valence-electron chi connectivity index (χ0n) is 8.89. The highest BCUT2D eigenvalue weighted by molar-refractivity contribution is 9.09. The molecule has 0 aromatic heterocycles. The standard InChI is InChI=1S/C10H22BrNO/c1-3-7-12(9-6-11)8-4-5-10-13-2/h3-10H2,1-2H3. The summed E-state index contributed by atoms with van der Waals surface area (Å²) >= 11 is 3.48. The average molecular weight is 252 g/mol. The van der Waals surface area contributed by atoms with Crippen molar-refractivity contribution in [3.63, 3.8) is 0 Å². The van der Waals surface area contributed by atoms with E-state index in [9.17, 15) is 0 Å². The van der Waals surface area contributed by atoms with Gasteiger partial charge in [0.15, 0.2) is 0 Å². The van der Waals surface area contributed by atoms with Crippen LogP contribution in [0.3, 0.4) is 0 Å². The maximum atomic E-state index is 5.02. The van der Waals surface area contributed by atoms with E-state index in [0.29, 0.717) is 0 Å². The monoisotopic (exact) mass is 251 g/mol. The zero-order chi connectivity index (χ0) is 9.94. The molecule has 0 spiro atoms. The molecule has 0 saturated carbocycles. The van der Waals surface area contributed by atoms with Gasteiger partial charge in [0.05, 0.1) is 0 Å². The lowest BCUT2D eigenvalue weighted by Gasteiger charge is -2.20. The first-order chi connectivity index (χ1) is 6.35. The van der Waals surface area contributed by atoms with Crippen LogP contribution in [0.1, 0.15) is 26.2 Å². The first kappa shape index (κ1) is 13.4. The summed E-state index contributed by atoms with van der Waals surface area (Å²) in [6, 6.07) is 0. The van der Waals surface area contributed by atoms with E-state index >= 15 is 0 Å². The molecular weight excluding hydrogens is 230 g/mol. The number of unbranched alkanes of at least 4 members (excludes halogenated alkanes) is 1. The number of halogens is 1. The molecule has 3 heteroatoms. The fraction of sp³-hybridized carbons (Fsp3) is 1.00. The summed E-state index contributed by atoms with van der Waals surface area (Å²) in [5.74, 6) is 0. The van der Waals surface area contributed by atoms with Crippen molar-refractivity contribution in [3.05, 3.63) is 0 Å². The number of nitrogens with zero attached hydrogens (tertiary/aromatic N) is 1. The smallest absolute Gasteiger partial charge is 0.0462 e. The summed E-state index contributed by atoms with van der Waals surface area (Å²) in [6.07, 6.45) is 3.68. The first-order valence-corrected chi connectivity index (χ1v) is 6.24. The summed E-state index contributed by atoms with van der Waals surface area (Å²) in [5, 5.41) is 1.08. The predicted octanol–water partition coefficient (Wildman–Crippen LogP) is 2.52. The molecule has 0 aromatic carbocycles. The summed E-state index contributed by atoms with van der Waals surface area (Å²) in [6.45, 7) is 6.73. The Morgan fingerprint density at radius 1 is 1.15 bits per heavy atom. The van der Waals surface area contributed by atoms with Gasteiger partial charge in [-0.15, -0.1) is 0 Å². The predicted molar refractivity (Wildman–Crippen MR) is 61.6 cm³/mol. The molecule has 0 aromatic rings. The Bertz CT molecular complexity index is 94.9. The third kappa shape index (κ3) is 8.72. The van der Waals surface area contributed by atoms with Crippen LogP contribution in [0.15, 0.2) is 0 Å². The lowest BCUT2D eigenvalue weighted by Crippen LogP contribution is -2.27. The normalized spacial score (nSPS) is 11.1. The zero-order valence-corrected chi connectivity index (χ0v) is 10.5. The third-order valence-corrected chi connectivity index (χ3v) is 2.37. The van der Waals surface area contributed by atoms with Crippen molar-refractivity contribution in [3.8, 4) is 0 Å². The number of methoxy groups -OCH3 is 1. The number of ether oxygens (including phenoxy) is 1. The van der Waals surface area contributed by atoms with Crippen LogP contribution in [0.25, 0.3) is 0 Å². The fourth-order valence-corrected chi connectivity index (χ4v) is 1.85. The SMILES string of the molecule is CCCN(CCBr)CCCCOC. The molecule has 2 nitrogen and oxygen atoms in total.